The molecule has 6 heteroatoms. The van der Waals surface area contributed by atoms with Gasteiger partial charge >= 0.3 is 5.97 Å². The lowest BCUT2D eigenvalue weighted by molar-refractivity contribution is -0.141. The van der Waals surface area contributed by atoms with Crippen LogP contribution in [0, 0.1) is 0 Å². The van der Waals surface area contributed by atoms with Crippen molar-refractivity contribution in [1.29, 1.82) is 0 Å². The van der Waals surface area contributed by atoms with Crippen molar-refractivity contribution in [2.45, 2.75) is 63.9 Å². The Bertz CT molecular complexity index is 345. The second kappa shape index (κ2) is 9.45. The number of esters is 1. The number of carbonyl (C=O) groups excluding carboxylic acids is 1. The van der Waals surface area contributed by atoms with Crippen molar-refractivity contribution in [3.63, 3.8) is 0 Å². The van der Waals surface area contributed by atoms with Crippen LogP contribution in [0.5, 0.6) is 0 Å². The number of rotatable bonds is 10. The Morgan fingerprint density at radius 1 is 1.00 bits per heavy atom. The van der Waals surface area contributed by atoms with Crippen molar-refractivity contribution in [2.75, 3.05) is 21.3 Å². The Morgan fingerprint density at radius 3 is 1.59 bits per heavy atom. The van der Waals surface area contributed by atoms with E-state index < -0.39 is 8.07 Å². The van der Waals surface area contributed by atoms with Crippen molar-refractivity contribution >= 4 is 14.0 Å². The number of hydrogen-bond donors (Lipinski definition) is 0. The van der Waals surface area contributed by atoms with Crippen LogP contribution in [-0.4, -0.2) is 58.3 Å². The van der Waals surface area contributed by atoms with Crippen LogP contribution in [0.15, 0.2) is 12.2 Å². The van der Waals surface area contributed by atoms with E-state index >= 15 is 0 Å². The van der Waals surface area contributed by atoms with E-state index in [0.29, 0.717) is 12.0 Å². The minimum absolute atomic E-state index is 0.0970. The molecule has 0 radical (unpaired) electrons. The van der Waals surface area contributed by atoms with Crippen molar-refractivity contribution < 1.29 is 23.7 Å². The molecule has 4 atom stereocenters. The van der Waals surface area contributed by atoms with Crippen LogP contribution >= 0.6 is 0 Å². The minimum atomic E-state index is -2.49. The van der Waals surface area contributed by atoms with Gasteiger partial charge in [0.1, 0.15) is 0 Å². The Kier molecular flexibility index (Phi) is 9.15. The Morgan fingerprint density at radius 2 is 1.36 bits per heavy atom. The molecule has 0 saturated carbocycles. The summed E-state index contributed by atoms with van der Waals surface area (Å²) in [6.07, 6.45) is 0.681. The highest BCUT2D eigenvalue weighted by Gasteiger charge is 2.57. The molecule has 130 valence electrons. The molecule has 22 heavy (non-hydrogen) atoms. The van der Waals surface area contributed by atoms with Gasteiger partial charge in [0.15, 0.2) is 8.07 Å². The van der Waals surface area contributed by atoms with Gasteiger partial charge in [0.2, 0.25) is 0 Å². The average molecular weight is 333 g/mol. The van der Waals surface area contributed by atoms with Crippen molar-refractivity contribution in [3.8, 4) is 0 Å². The van der Waals surface area contributed by atoms with Crippen LogP contribution in [0.25, 0.3) is 0 Å². The van der Waals surface area contributed by atoms with E-state index in [1.165, 1.54) is 0 Å². The summed E-state index contributed by atoms with van der Waals surface area (Å²) < 4.78 is 22.8. The average Bonchev–Trinajstić information content (AvgIpc) is 2.52. The molecule has 4 unspecified atom stereocenters. The summed E-state index contributed by atoms with van der Waals surface area (Å²) in [5.41, 5.74) is -0.182. The maximum absolute atomic E-state index is 12.1. The standard InChI is InChI=1S/C16H32O5Si/c1-10-15(21-16(17)11(2)3)22(12(4)18-7,13(5)19-8)14(6)20-9/h12-15H,2,10H2,1,3-9H3. The molecule has 0 N–H and O–H groups in total. The predicted octanol–water partition coefficient (Wildman–Crippen LogP) is 2.59. The molecule has 0 amide bonds. The largest absolute Gasteiger partial charge is 0.463 e. The summed E-state index contributed by atoms with van der Waals surface area (Å²) >= 11 is 0. The molecule has 0 fully saturated rings. The number of methoxy groups -OCH3 is 3. The van der Waals surface area contributed by atoms with Crippen LogP contribution in [-0.2, 0) is 23.7 Å². The first-order valence-corrected chi connectivity index (χ1v) is 9.99. The van der Waals surface area contributed by atoms with Gasteiger partial charge in [-0.1, -0.05) is 13.5 Å². The summed E-state index contributed by atoms with van der Waals surface area (Å²) in [7, 11) is 2.52. The molecule has 0 aliphatic rings. The summed E-state index contributed by atoms with van der Waals surface area (Å²) in [5.74, 6) is -0.376. The molecule has 0 bridgehead atoms. The van der Waals surface area contributed by atoms with Gasteiger partial charge in [0, 0.05) is 26.9 Å². The zero-order valence-corrected chi connectivity index (χ0v) is 16.3. The zero-order chi connectivity index (χ0) is 17.5. The minimum Gasteiger partial charge on any atom is -0.463 e. The summed E-state index contributed by atoms with van der Waals surface area (Å²) in [6.45, 7) is 13.3. The summed E-state index contributed by atoms with van der Waals surface area (Å²) in [6, 6.07) is 0. The number of carbonyl (C=O) groups is 1. The van der Waals surface area contributed by atoms with Crippen LogP contribution in [0.3, 0.4) is 0 Å². The highest BCUT2D eigenvalue weighted by atomic mass is 28.3. The topological polar surface area (TPSA) is 54.0 Å². The maximum atomic E-state index is 12.1. The third-order valence-electron chi connectivity index (χ3n) is 4.70. The molecule has 0 saturated heterocycles. The van der Waals surface area contributed by atoms with Gasteiger partial charge in [0.05, 0.1) is 22.9 Å². The lowest BCUT2D eigenvalue weighted by Crippen LogP contribution is -2.72. The highest BCUT2D eigenvalue weighted by molar-refractivity contribution is 6.84. The van der Waals surface area contributed by atoms with E-state index in [9.17, 15) is 4.79 Å². The molecule has 0 aromatic rings. The number of hydrogen-bond acceptors (Lipinski definition) is 5. The normalized spacial score (nSPS) is 19.6. The van der Waals surface area contributed by atoms with Gasteiger partial charge in [-0.3, -0.25) is 0 Å². The van der Waals surface area contributed by atoms with Gasteiger partial charge < -0.3 is 18.9 Å². The molecular weight excluding hydrogens is 300 g/mol. The van der Waals surface area contributed by atoms with E-state index in [1.807, 2.05) is 27.7 Å². The van der Waals surface area contributed by atoms with E-state index in [2.05, 4.69) is 6.58 Å². The Balaban J connectivity index is 5.95. The van der Waals surface area contributed by atoms with Gasteiger partial charge in [-0.05, 0) is 34.1 Å². The highest BCUT2D eigenvalue weighted by Crippen LogP contribution is 2.32. The van der Waals surface area contributed by atoms with Crippen molar-refractivity contribution in [1.82, 2.24) is 0 Å². The van der Waals surface area contributed by atoms with Crippen LogP contribution < -0.4 is 0 Å². The molecular formula is C16H32O5Si. The third-order valence-corrected chi connectivity index (χ3v) is 11.3. The van der Waals surface area contributed by atoms with Gasteiger partial charge in [-0.15, -0.1) is 0 Å². The first kappa shape index (κ1) is 21.3. The van der Waals surface area contributed by atoms with E-state index in [-0.39, 0.29) is 28.9 Å². The zero-order valence-electron chi connectivity index (χ0n) is 15.3. The lowest BCUT2D eigenvalue weighted by Gasteiger charge is -2.47. The third kappa shape index (κ3) is 4.19. The summed E-state index contributed by atoms with van der Waals surface area (Å²) in [4.78, 5) is 12.1. The molecule has 5 nitrogen and oxygen atoms in total. The van der Waals surface area contributed by atoms with Crippen LogP contribution in [0.2, 0.25) is 0 Å². The maximum Gasteiger partial charge on any atom is 0.333 e. The van der Waals surface area contributed by atoms with Crippen LogP contribution in [0.1, 0.15) is 41.0 Å². The fourth-order valence-electron chi connectivity index (χ4n) is 3.16. The van der Waals surface area contributed by atoms with E-state index in [0.717, 1.165) is 0 Å². The van der Waals surface area contributed by atoms with Gasteiger partial charge in [-0.2, -0.15) is 0 Å². The van der Waals surface area contributed by atoms with Crippen LogP contribution in [0.4, 0.5) is 0 Å². The summed E-state index contributed by atoms with van der Waals surface area (Å²) in [5, 5.41) is 0. The number of ether oxygens (including phenoxy) is 4. The molecule has 0 rings (SSSR count). The molecule has 0 aliphatic heterocycles. The second-order valence-electron chi connectivity index (χ2n) is 5.72. The predicted molar refractivity (Wildman–Crippen MR) is 90.2 cm³/mol. The molecule has 0 spiro atoms. The van der Waals surface area contributed by atoms with E-state index in [4.69, 9.17) is 18.9 Å². The monoisotopic (exact) mass is 332 g/mol. The molecule has 0 aromatic carbocycles. The molecule has 0 heterocycles. The SMILES string of the molecule is C=C(C)C(=O)OC(CC)[Si](C(C)OC)(C(C)OC)C(C)OC. The first-order chi connectivity index (χ1) is 10.2. The van der Waals surface area contributed by atoms with E-state index in [1.54, 1.807) is 28.3 Å². The quantitative estimate of drug-likeness (QED) is 0.350. The second-order valence-corrected chi connectivity index (χ2v) is 10.8. The fraction of sp³-hybridized carbons (Fsp3) is 0.812. The van der Waals surface area contributed by atoms with Gasteiger partial charge in [-0.25, -0.2) is 4.79 Å². The van der Waals surface area contributed by atoms with Crippen molar-refractivity contribution in [2.24, 2.45) is 0 Å². The lowest BCUT2D eigenvalue weighted by atomic mass is 10.4. The van der Waals surface area contributed by atoms with Gasteiger partial charge in [0.25, 0.3) is 0 Å². The smallest absolute Gasteiger partial charge is 0.333 e. The molecule has 0 aromatic heterocycles. The van der Waals surface area contributed by atoms with Crippen molar-refractivity contribution in [3.05, 3.63) is 12.2 Å². The first-order valence-electron chi connectivity index (χ1n) is 7.68. The molecule has 0 aliphatic carbocycles. The Labute approximate surface area is 136 Å². The fourth-order valence-corrected chi connectivity index (χ4v) is 8.95. The Hall–Kier alpha value is -0.693.